The SMILES string of the molecule is Cc1cccc(C[C@H](NC(=O)c2c(Cl)cc(CCP(C)(=O)c3ccc4ccoc4c3)cc2Cl)C(=O)O)c1. The first-order valence-electron chi connectivity index (χ1n) is 11.6. The average molecular weight is 558 g/mol. The third-order valence-electron chi connectivity index (χ3n) is 6.27. The molecule has 2 atom stereocenters. The molecule has 0 bridgehead atoms. The molecule has 0 saturated carbocycles. The summed E-state index contributed by atoms with van der Waals surface area (Å²) in [7, 11) is -2.71. The summed E-state index contributed by atoms with van der Waals surface area (Å²) in [6.45, 7) is 3.64. The van der Waals surface area contributed by atoms with Crippen molar-refractivity contribution >= 4 is 58.5 Å². The first-order chi connectivity index (χ1) is 17.5. The number of carbonyl (C=O) groups excluding carboxylic acids is 1. The highest BCUT2D eigenvalue weighted by Gasteiger charge is 2.25. The van der Waals surface area contributed by atoms with Gasteiger partial charge in [0.25, 0.3) is 5.91 Å². The Hall–Kier alpha value is -3.05. The van der Waals surface area contributed by atoms with Gasteiger partial charge >= 0.3 is 5.97 Å². The van der Waals surface area contributed by atoms with Crippen LogP contribution < -0.4 is 10.6 Å². The van der Waals surface area contributed by atoms with E-state index in [0.717, 1.165) is 27.4 Å². The van der Waals surface area contributed by atoms with Crippen LogP contribution in [-0.4, -0.2) is 35.9 Å². The Balaban J connectivity index is 1.47. The van der Waals surface area contributed by atoms with Crippen LogP contribution in [0.15, 0.2) is 71.3 Å². The summed E-state index contributed by atoms with van der Waals surface area (Å²) in [5.41, 5.74) is 3.19. The van der Waals surface area contributed by atoms with E-state index in [-0.39, 0.29) is 22.0 Å². The quantitative estimate of drug-likeness (QED) is 0.234. The molecule has 37 heavy (non-hydrogen) atoms. The summed E-state index contributed by atoms with van der Waals surface area (Å²) in [5.74, 6) is -1.83. The van der Waals surface area contributed by atoms with Gasteiger partial charge in [0.2, 0.25) is 0 Å². The molecular formula is C28H26Cl2NO5P. The minimum absolute atomic E-state index is 0.00512. The van der Waals surface area contributed by atoms with E-state index in [1.165, 1.54) is 0 Å². The maximum Gasteiger partial charge on any atom is 0.326 e. The highest BCUT2D eigenvalue weighted by Crippen LogP contribution is 2.41. The van der Waals surface area contributed by atoms with Crippen LogP contribution in [0.3, 0.4) is 0 Å². The molecule has 2 N–H and O–H groups in total. The van der Waals surface area contributed by atoms with Crippen LogP contribution >= 0.6 is 30.3 Å². The predicted molar refractivity (Wildman–Crippen MR) is 148 cm³/mol. The Morgan fingerprint density at radius 3 is 2.43 bits per heavy atom. The van der Waals surface area contributed by atoms with E-state index in [9.17, 15) is 19.3 Å². The predicted octanol–water partition coefficient (Wildman–Crippen LogP) is 6.33. The van der Waals surface area contributed by atoms with Crippen LogP contribution in [0.4, 0.5) is 0 Å². The van der Waals surface area contributed by atoms with E-state index in [4.69, 9.17) is 27.6 Å². The van der Waals surface area contributed by atoms with Crippen molar-refractivity contribution in [2.24, 2.45) is 0 Å². The third kappa shape index (κ3) is 6.45. The Kier molecular flexibility index (Phi) is 8.13. The topological polar surface area (TPSA) is 96.6 Å². The van der Waals surface area contributed by atoms with Gasteiger partial charge in [0.1, 0.15) is 18.8 Å². The molecular weight excluding hydrogens is 532 g/mol. The van der Waals surface area contributed by atoms with Crippen molar-refractivity contribution in [1.82, 2.24) is 5.32 Å². The fourth-order valence-corrected chi connectivity index (χ4v) is 6.63. The van der Waals surface area contributed by atoms with Crippen molar-refractivity contribution in [2.75, 3.05) is 12.8 Å². The second-order valence-corrected chi connectivity index (χ2v) is 13.2. The average Bonchev–Trinajstić information content (AvgIpc) is 3.30. The van der Waals surface area contributed by atoms with Gasteiger partial charge in [-0.1, -0.05) is 65.2 Å². The number of fused-ring (bicyclic) bond motifs is 1. The lowest BCUT2D eigenvalue weighted by molar-refractivity contribution is -0.139. The normalized spacial score (nSPS) is 13.7. The molecule has 1 amide bonds. The lowest BCUT2D eigenvalue weighted by Crippen LogP contribution is -2.42. The first-order valence-corrected chi connectivity index (χ1v) is 14.7. The zero-order chi connectivity index (χ0) is 26.7. The van der Waals surface area contributed by atoms with E-state index >= 15 is 0 Å². The van der Waals surface area contributed by atoms with Crippen molar-refractivity contribution in [1.29, 1.82) is 0 Å². The van der Waals surface area contributed by atoms with Gasteiger partial charge in [-0.25, -0.2) is 4.79 Å². The number of carbonyl (C=O) groups is 2. The van der Waals surface area contributed by atoms with Crippen molar-refractivity contribution in [3.05, 3.63) is 99.2 Å². The maximum absolute atomic E-state index is 13.4. The highest BCUT2D eigenvalue weighted by molar-refractivity contribution is 7.70. The lowest BCUT2D eigenvalue weighted by Gasteiger charge is -2.17. The van der Waals surface area contributed by atoms with E-state index in [1.807, 2.05) is 49.4 Å². The molecule has 3 aromatic carbocycles. The van der Waals surface area contributed by atoms with E-state index in [0.29, 0.717) is 18.2 Å². The number of carboxylic acids is 1. The number of rotatable bonds is 9. The highest BCUT2D eigenvalue weighted by atomic mass is 35.5. The molecule has 0 aliphatic carbocycles. The summed E-state index contributed by atoms with van der Waals surface area (Å²) < 4.78 is 18.9. The molecule has 1 unspecified atom stereocenters. The van der Waals surface area contributed by atoms with Gasteiger partial charge in [0.15, 0.2) is 0 Å². The molecule has 0 aliphatic rings. The summed E-state index contributed by atoms with van der Waals surface area (Å²) in [4.78, 5) is 24.8. The van der Waals surface area contributed by atoms with Crippen LogP contribution in [0.5, 0.6) is 0 Å². The molecule has 1 heterocycles. The smallest absolute Gasteiger partial charge is 0.326 e. The van der Waals surface area contributed by atoms with Gasteiger partial charge in [0.05, 0.1) is 21.9 Å². The van der Waals surface area contributed by atoms with Crippen molar-refractivity contribution < 1.29 is 23.7 Å². The van der Waals surface area contributed by atoms with E-state index < -0.39 is 25.1 Å². The van der Waals surface area contributed by atoms with Crippen LogP contribution in [-0.2, 0) is 22.2 Å². The number of hydrogen-bond acceptors (Lipinski definition) is 4. The van der Waals surface area contributed by atoms with Gasteiger partial charge < -0.3 is 19.4 Å². The zero-order valence-electron chi connectivity index (χ0n) is 20.3. The van der Waals surface area contributed by atoms with Gasteiger partial charge in [0, 0.05) is 23.3 Å². The zero-order valence-corrected chi connectivity index (χ0v) is 22.7. The number of hydrogen-bond donors (Lipinski definition) is 2. The minimum atomic E-state index is -2.71. The number of benzene rings is 3. The minimum Gasteiger partial charge on any atom is -0.480 e. The Bertz CT molecular complexity index is 1510. The number of nitrogens with one attached hydrogen (secondary N) is 1. The molecule has 4 aromatic rings. The van der Waals surface area contributed by atoms with Gasteiger partial charge in [-0.3, -0.25) is 4.79 Å². The molecule has 0 fully saturated rings. The van der Waals surface area contributed by atoms with Crippen LogP contribution in [0.25, 0.3) is 11.0 Å². The van der Waals surface area contributed by atoms with Crippen molar-refractivity contribution in [3.63, 3.8) is 0 Å². The lowest BCUT2D eigenvalue weighted by atomic mass is 10.0. The fraction of sp³-hybridized carbons (Fsp3) is 0.214. The Morgan fingerprint density at radius 2 is 1.76 bits per heavy atom. The fourth-order valence-electron chi connectivity index (χ4n) is 4.20. The van der Waals surface area contributed by atoms with Gasteiger partial charge in [-0.15, -0.1) is 0 Å². The number of aliphatic carboxylic acids is 1. The second-order valence-electron chi connectivity index (χ2n) is 9.21. The summed E-state index contributed by atoms with van der Waals surface area (Å²) >= 11 is 12.8. The summed E-state index contributed by atoms with van der Waals surface area (Å²) in [6.07, 6.45) is 2.51. The second kappa shape index (κ2) is 11.1. The van der Waals surface area contributed by atoms with Crippen LogP contribution in [0.2, 0.25) is 10.0 Å². The third-order valence-corrected chi connectivity index (χ3v) is 9.31. The summed E-state index contributed by atoms with van der Waals surface area (Å²) in [6, 6.07) is 16.9. The van der Waals surface area contributed by atoms with Crippen LogP contribution in [0, 0.1) is 6.92 Å². The van der Waals surface area contributed by atoms with Gasteiger partial charge in [-0.05, 0) is 55.4 Å². The molecule has 192 valence electrons. The number of furan rings is 1. The molecule has 0 aliphatic heterocycles. The molecule has 0 saturated heterocycles. The monoisotopic (exact) mass is 557 g/mol. The number of amides is 1. The molecule has 0 radical (unpaired) electrons. The number of halogens is 2. The molecule has 1 aromatic heterocycles. The molecule has 6 nitrogen and oxygen atoms in total. The number of aryl methyl sites for hydroxylation is 2. The standard InChI is InChI=1S/C28H26Cl2NO5P/c1-17-4-3-5-18(12-17)15-24(28(33)34)31-27(32)26-22(29)13-19(14-23(26)30)9-11-37(2,35)21-7-6-20-8-10-36-25(20)16-21/h3-8,10,12-14,16,24H,9,11,15H2,1-2H3,(H,31,32)(H,33,34)/t24-,37?/m0/s1. The maximum atomic E-state index is 13.4. The molecule has 9 heteroatoms. The van der Waals surface area contributed by atoms with E-state index in [1.54, 1.807) is 31.1 Å². The van der Waals surface area contributed by atoms with Gasteiger partial charge in [-0.2, -0.15) is 0 Å². The summed E-state index contributed by atoms with van der Waals surface area (Å²) in [5, 5.41) is 14.0. The largest absolute Gasteiger partial charge is 0.480 e. The van der Waals surface area contributed by atoms with E-state index in [2.05, 4.69) is 5.32 Å². The Labute approximate surface area is 225 Å². The number of carboxylic acid groups (broad SMARTS) is 1. The first kappa shape index (κ1) is 27.0. The molecule has 4 rings (SSSR count). The van der Waals surface area contributed by atoms with Crippen molar-refractivity contribution in [3.8, 4) is 0 Å². The molecule has 0 spiro atoms. The Morgan fingerprint density at radius 1 is 1.03 bits per heavy atom. The van der Waals surface area contributed by atoms with Crippen LogP contribution in [0.1, 0.15) is 27.0 Å². The van der Waals surface area contributed by atoms with Crippen molar-refractivity contribution in [2.45, 2.75) is 25.8 Å².